The lowest BCUT2D eigenvalue weighted by atomic mass is 9.87. The van der Waals surface area contributed by atoms with Crippen molar-refractivity contribution < 1.29 is 4.79 Å². The molecular formula is C18H26N2O. The number of hydrogen-bond donors (Lipinski definition) is 2. The number of nitrogens with one attached hydrogen (secondary N) is 1. The first-order chi connectivity index (χ1) is 10.2. The van der Waals surface area contributed by atoms with Gasteiger partial charge in [0.15, 0.2) is 0 Å². The maximum Gasteiger partial charge on any atom is 0.224 e. The maximum absolute atomic E-state index is 12.6. The van der Waals surface area contributed by atoms with Crippen molar-refractivity contribution in [3.8, 4) is 0 Å². The van der Waals surface area contributed by atoms with Crippen LogP contribution in [0.25, 0.3) is 0 Å². The maximum atomic E-state index is 12.6. The number of amides is 1. The van der Waals surface area contributed by atoms with E-state index in [1.54, 1.807) is 0 Å². The second kappa shape index (κ2) is 6.61. The normalized spacial score (nSPS) is 29.3. The van der Waals surface area contributed by atoms with Crippen LogP contribution in [0.2, 0.25) is 0 Å². The van der Waals surface area contributed by atoms with Gasteiger partial charge >= 0.3 is 0 Å². The minimum atomic E-state index is 0.0182. The molecule has 0 radical (unpaired) electrons. The van der Waals surface area contributed by atoms with Gasteiger partial charge in [-0.2, -0.15) is 0 Å². The van der Waals surface area contributed by atoms with Crippen molar-refractivity contribution in [1.29, 1.82) is 0 Å². The number of fused-ring (bicyclic) bond motifs is 1. The molecule has 0 spiro atoms. The van der Waals surface area contributed by atoms with E-state index in [0.717, 1.165) is 38.5 Å². The number of carbonyl (C=O) groups excluding carboxylic acids is 1. The summed E-state index contributed by atoms with van der Waals surface area (Å²) < 4.78 is 0. The van der Waals surface area contributed by atoms with Gasteiger partial charge in [0.05, 0.1) is 5.92 Å². The first kappa shape index (κ1) is 14.6. The van der Waals surface area contributed by atoms with Gasteiger partial charge in [-0.3, -0.25) is 4.79 Å². The molecule has 1 aromatic rings. The molecule has 0 aliphatic heterocycles. The molecule has 1 amide bonds. The van der Waals surface area contributed by atoms with Crippen LogP contribution in [0.3, 0.4) is 0 Å². The number of benzene rings is 1. The molecule has 0 bridgehead atoms. The lowest BCUT2D eigenvalue weighted by molar-refractivity contribution is -0.126. The van der Waals surface area contributed by atoms with Crippen LogP contribution in [0.15, 0.2) is 24.3 Å². The van der Waals surface area contributed by atoms with Crippen LogP contribution in [-0.2, 0) is 17.6 Å². The van der Waals surface area contributed by atoms with Gasteiger partial charge < -0.3 is 11.1 Å². The highest BCUT2D eigenvalue weighted by Crippen LogP contribution is 2.24. The molecule has 114 valence electrons. The molecule has 2 aliphatic carbocycles. The molecule has 1 aromatic carbocycles. The Labute approximate surface area is 127 Å². The second-order valence-electron chi connectivity index (χ2n) is 6.63. The molecule has 3 nitrogen and oxygen atoms in total. The zero-order chi connectivity index (χ0) is 14.7. The zero-order valence-electron chi connectivity index (χ0n) is 12.7. The number of aryl methyl sites for hydroxylation is 1. The Bertz CT molecular complexity index is 500. The molecule has 21 heavy (non-hydrogen) atoms. The second-order valence-corrected chi connectivity index (χ2v) is 6.63. The highest BCUT2D eigenvalue weighted by molar-refractivity contribution is 5.79. The van der Waals surface area contributed by atoms with Gasteiger partial charge in [-0.1, -0.05) is 43.5 Å². The molecule has 2 aliphatic rings. The average Bonchev–Trinajstić information content (AvgIpc) is 2.71. The van der Waals surface area contributed by atoms with Crippen molar-refractivity contribution in [3.05, 3.63) is 35.4 Å². The largest absolute Gasteiger partial charge is 0.353 e. The fourth-order valence-corrected chi connectivity index (χ4v) is 3.79. The standard InChI is InChI=1S/C18H26N2O/c19-17-9-3-1-2-8-16(17)18(21)20-15-11-10-13-6-4-5-7-14(13)12-15/h4-7,15-17H,1-3,8-12,19H2,(H,20,21). The average molecular weight is 286 g/mol. The van der Waals surface area contributed by atoms with Crippen molar-refractivity contribution in [3.63, 3.8) is 0 Å². The van der Waals surface area contributed by atoms with Gasteiger partial charge in [0.25, 0.3) is 0 Å². The van der Waals surface area contributed by atoms with E-state index in [1.807, 2.05) is 0 Å². The molecule has 3 N–H and O–H groups in total. The Morgan fingerprint density at radius 3 is 2.67 bits per heavy atom. The predicted molar refractivity (Wildman–Crippen MR) is 84.9 cm³/mol. The predicted octanol–water partition coefficient (Wildman–Crippen LogP) is 2.57. The molecule has 3 atom stereocenters. The fraction of sp³-hybridized carbons (Fsp3) is 0.611. The van der Waals surface area contributed by atoms with Crippen LogP contribution in [-0.4, -0.2) is 18.0 Å². The van der Waals surface area contributed by atoms with Gasteiger partial charge in [-0.05, 0) is 43.2 Å². The summed E-state index contributed by atoms with van der Waals surface area (Å²) in [5.74, 6) is 0.207. The molecule has 3 rings (SSSR count). The molecule has 1 fully saturated rings. The number of nitrogens with two attached hydrogens (primary N) is 1. The van der Waals surface area contributed by atoms with Crippen molar-refractivity contribution in [2.45, 2.75) is 63.5 Å². The third-order valence-electron chi connectivity index (χ3n) is 5.10. The fourth-order valence-electron chi connectivity index (χ4n) is 3.79. The van der Waals surface area contributed by atoms with E-state index in [1.165, 1.54) is 24.0 Å². The van der Waals surface area contributed by atoms with Crippen molar-refractivity contribution in [2.24, 2.45) is 11.7 Å². The molecule has 3 unspecified atom stereocenters. The quantitative estimate of drug-likeness (QED) is 0.821. The number of rotatable bonds is 2. The zero-order valence-corrected chi connectivity index (χ0v) is 12.7. The lowest BCUT2D eigenvalue weighted by Gasteiger charge is -2.28. The molecule has 0 aromatic heterocycles. The van der Waals surface area contributed by atoms with E-state index in [0.29, 0.717) is 0 Å². The van der Waals surface area contributed by atoms with Gasteiger partial charge in [0.2, 0.25) is 5.91 Å². The summed E-state index contributed by atoms with van der Waals surface area (Å²) in [6.45, 7) is 0. The summed E-state index contributed by atoms with van der Waals surface area (Å²) in [5, 5.41) is 3.27. The molecule has 0 saturated heterocycles. The van der Waals surface area contributed by atoms with E-state index in [4.69, 9.17) is 5.73 Å². The van der Waals surface area contributed by atoms with Crippen LogP contribution in [0.4, 0.5) is 0 Å². The molecule has 1 saturated carbocycles. The van der Waals surface area contributed by atoms with Crippen LogP contribution in [0.1, 0.15) is 49.7 Å². The number of hydrogen-bond acceptors (Lipinski definition) is 2. The lowest BCUT2D eigenvalue weighted by Crippen LogP contribution is -2.46. The third kappa shape index (κ3) is 3.46. The Balaban J connectivity index is 1.60. The Kier molecular flexibility index (Phi) is 4.59. The topological polar surface area (TPSA) is 55.1 Å². The van der Waals surface area contributed by atoms with E-state index in [2.05, 4.69) is 29.6 Å². The summed E-state index contributed by atoms with van der Waals surface area (Å²) in [7, 11) is 0. The van der Waals surface area contributed by atoms with E-state index in [-0.39, 0.29) is 23.9 Å². The minimum Gasteiger partial charge on any atom is -0.353 e. The van der Waals surface area contributed by atoms with Crippen LogP contribution < -0.4 is 11.1 Å². The van der Waals surface area contributed by atoms with E-state index in [9.17, 15) is 4.79 Å². The summed E-state index contributed by atoms with van der Waals surface area (Å²) >= 11 is 0. The summed E-state index contributed by atoms with van der Waals surface area (Å²) in [6.07, 6.45) is 8.55. The SMILES string of the molecule is NC1CCCCCC1C(=O)NC1CCc2ccccc2C1. The van der Waals surface area contributed by atoms with Crippen LogP contribution in [0.5, 0.6) is 0 Å². The summed E-state index contributed by atoms with van der Waals surface area (Å²) in [4.78, 5) is 12.6. The smallest absolute Gasteiger partial charge is 0.224 e. The third-order valence-corrected chi connectivity index (χ3v) is 5.10. The van der Waals surface area contributed by atoms with E-state index >= 15 is 0 Å². The van der Waals surface area contributed by atoms with Crippen LogP contribution in [0, 0.1) is 5.92 Å². The molecule has 3 heteroatoms. The molecular weight excluding hydrogens is 260 g/mol. The van der Waals surface area contributed by atoms with Crippen molar-refractivity contribution >= 4 is 5.91 Å². The Morgan fingerprint density at radius 1 is 1.05 bits per heavy atom. The van der Waals surface area contributed by atoms with E-state index < -0.39 is 0 Å². The van der Waals surface area contributed by atoms with Crippen molar-refractivity contribution in [2.75, 3.05) is 0 Å². The first-order valence-electron chi connectivity index (χ1n) is 8.37. The minimum absolute atomic E-state index is 0.0182. The van der Waals surface area contributed by atoms with Gasteiger partial charge in [0.1, 0.15) is 0 Å². The molecule has 0 heterocycles. The number of carbonyl (C=O) groups is 1. The summed E-state index contributed by atoms with van der Waals surface area (Å²) in [6, 6.07) is 8.90. The van der Waals surface area contributed by atoms with Gasteiger partial charge in [0, 0.05) is 12.1 Å². The van der Waals surface area contributed by atoms with Gasteiger partial charge in [-0.15, -0.1) is 0 Å². The summed E-state index contributed by atoms with van der Waals surface area (Å²) in [5.41, 5.74) is 9.03. The Hall–Kier alpha value is -1.35. The highest BCUT2D eigenvalue weighted by Gasteiger charge is 2.29. The highest BCUT2D eigenvalue weighted by atomic mass is 16.2. The van der Waals surface area contributed by atoms with Crippen LogP contribution >= 0.6 is 0 Å². The monoisotopic (exact) mass is 286 g/mol. The van der Waals surface area contributed by atoms with Crippen molar-refractivity contribution in [1.82, 2.24) is 5.32 Å². The Morgan fingerprint density at radius 2 is 1.81 bits per heavy atom. The van der Waals surface area contributed by atoms with Gasteiger partial charge in [-0.25, -0.2) is 0 Å². The first-order valence-corrected chi connectivity index (χ1v) is 8.37.